The van der Waals surface area contributed by atoms with Crippen LogP contribution in [0.25, 0.3) is 0 Å². The lowest BCUT2D eigenvalue weighted by Gasteiger charge is -2.06. The topological polar surface area (TPSA) is 78.6 Å². The van der Waals surface area contributed by atoms with Crippen molar-refractivity contribution in [3.63, 3.8) is 0 Å². The summed E-state index contributed by atoms with van der Waals surface area (Å²) in [5.74, 6) is 5.90. The Hall–Kier alpha value is -1.21. The Morgan fingerprint density at radius 3 is 2.78 bits per heavy atom. The van der Waals surface area contributed by atoms with Crippen LogP contribution in [0.5, 0.6) is 0 Å². The second kappa shape index (κ2) is 9.78. The maximum absolute atomic E-state index is 5.44. The molecule has 102 valence electrons. The first-order chi connectivity index (χ1) is 8.86. The summed E-state index contributed by atoms with van der Waals surface area (Å²) in [5.41, 5.74) is 3.33. The number of methoxy groups -OCH3 is 1. The largest absolute Gasteiger partial charge is 0.385 e. The van der Waals surface area contributed by atoms with Crippen molar-refractivity contribution in [1.82, 2.24) is 4.98 Å². The van der Waals surface area contributed by atoms with E-state index in [0.717, 1.165) is 18.7 Å². The molecule has 6 heteroatoms. The predicted molar refractivity (Wildman–Crippen MR) is 69.0 cm³/mol. The highest BCUT2D eigenvalue weighted by molar-refractivity contribution is 5.33. The van der Waals surface area contributed by atoms with Crippen LogP contribution in [0.1, 0.15) is 12.1 Å². The van der Waals surface area contributed by atoms with Gasteiger partial charge in [0.2, 0.25) is 0 Å². The SMILES string of the molecule is COCCCOCCOCc1cccc(NN)n1. The third-order valence-electron chi connectivity index (χ3n) is 2.21. The van der Waals surface area contributed by atoms with Crippen LogP contribution in [0.4, 0.5) is 5.82 Å². The number of pyridine rings is 1. The van der Waals surface area contributed by atoms with Gasteiger partial charge in [0.25, 0.3) is 0 Å². The average Bonchev–Trinajstić information content (AvgIpc) is 2.42. The maximum Gasteiger partial charge on any atom is 0.140 e. The van der Waals surface area contributed by atoms with Gasteiger partial charge in [0.15, 0.2) is 0 Å². The number of rotatable bonds is 10. The Balaban J connectivity index is 2.03. The molecule has 0 atom stereocenters. The van der Waals surface area contributed by atoms with Crippen LogP contribution in [-0.4, -0.2) is 38.5 Å². The Morgan fingerprint density at radius 1 is 1.17 bits per heavy atom. The van der Waals surface area contributed by atoms with E-state index in [2.05, 4.69) is 10.4 Å². The molecule has 1 heterocycles. The van der Waals surface area contributed by atoms with Gasteiger partial charge >= 0.3 is 0 Å². The van der Waals surface area contributed by atoms with Gasteiger partial charge in [-0.05, 0) is 18.6 Å². The van der Waals surface area contributed by atoms with Gasteiger partial charge in [0.05, 0.1) is 25.5 Å². The zero-order valence-corrected chi connectivity index (χ0v) is 10.7. The molecular formula is C12H21N3O3. The molecule has 0 radical (unpaired) electrons. The highest BCUT2D eigenvalue weighted by Gasteiger charge is 1.97. The molecular weight excluding hydrogens is 234 g/mol. The molecule has 1 rings (SSSR count). The summed E-state index contributed by atoms with van der Waals surface area (Å²) in [7, 11) is 1.68. The number of hydrogen-bond acceptors (Lipinski definition) is 6. The lowest BCUT2D eigenvalue weighted by molar-refractivity contribution is 0.0328. The monoisotopic (exact) mass is 255 g/mol. The van der Waals surface area contributed by atoms with Crippen molar-refractivity contribution in [2.45, 2.75) is 13.0 Å². The second-order valence-corrected chi connectivity index (χ2v) is 3.67. The van der Waals surface area contributed by atoms with E-state index in [1.165, 1.54) is 0 Å². The average molecular weight is 255 g/mol. The number of nitrogen functional groups attached to an aromatic ring is 1. The van der Waals surface area contributed by atoms with Gasteiger partial charge in [0, 0.05) is 20.3 Å². The Kier molecular flexibility index (Phi) is 8.07. The zero-order valence-electron chi connectivity index (χ0n) is 10.7. The molecule has 1 aromatic rings. The summed E-state index contributed by atoms with van der Waals surface area (Å²) in [6.07, 6.45) is 0.905. The van der Waals surface area contributed by atoms with E-state index < -0.39 is 0 Å². The van der Waals surface area contributed by atoms with Crippen molar-refractivity contribution in [3.05, 3.63) is 23.9 Å². The van der Waals surface area contributed by atoms with Gasteiger partial charge in [-0.25, -0.2) is 10.8 Å². The van der Waals surface area contributed by atoms with E-state index in [4.69, 9.17) is 20.1 Å². The number of hydrogen-bond donors (Lipinski definition) is 2. The Morgan fingerprint density at radius 2 is 2.00 bits per heavy atom. The van der Waals surface area contributed by atoms with Crippen molar-refractivity contribution >= 4 is 5.82 Å². The van der Waals surface area contributed by atoms with Crippen molar-refractivity contribution < 1.29 is 14.2 Å². The number of aromatic nitrogens is 1. The molecule has 6 nitrogen and oxygen atoms in total. The van der Waals surface area contributed by atoms with Crippen molar-refractivity contribution in [2.75, 3.05) is 39.0 Å². The minimum atomic E-state index is 0.455. The van der Waals surface area contributed by atoms with E-state index >= 15 is 0 Å². The summed E-state index contributed by atoms with van der Waals surface area (Å²) in [6.45, 7) is 3.01. The fraction of sp³-hybridized carbons (Fsp3) is 0.583. The van der Waals surface area contributed by atoms with Gasteiger partial charge in [-0.3, -0.25) is 0 Å². The number of nitrogens with two attached hydrogens (primary N) is 1. The molecule has 0 amide bonds. The fourth-order valence-corrected chi connectivity index (χ4v) is 1.34. The predicted octanol–water partition coefficient (Wildman–Crippen LogP) is 0.937. The van der Waals surface area contributed by atoms with Crippen LogP contribution in [0.3, 0.4) is 0 Å². The van der Waals surface area contributed by atoms with Crippen molar-refractivity contribution in [2.24, 2.45) is 5.84 Å². The van der Waals surface area contributed by atoms with Gasteiger partial charge in [0.1, 0.15) is 5.82 Å². The zero-order chi connectivity index (χ0) is 13.1. The molecule has 0 bridgehead atoms. The van der Waals surface area contributed by atoms with Gasteiger partial charge in [-0.1, -0.05) is 6.07 Å². The van der Waals surface area contributed by atoms with Crippen LogP contribution in [0.2, 0.25) is 0 Å². The molecule has 0 unspecified atom stereocenters. The molecule has 0 spiro atoms. The Labute approximate surface area is 107 Å². The van der Waals surface area contributed by atoms with Gasteiger partial charge in [-0.2, -0.15) is 0 Å². The van der Waals surface area contributed by atoms with Crippen LogP contribution in [-0.2, 0) is 20.8 Å². The number of nitrogens with one attached hydrogen (secondary N) is 1. The lowest BCUT2D eigenvalue weighted by atomic mass is 10.3. The highest BCUT2D eigenvalue weighted by Crippen LogP contribution is 2.04. The number of anilines is 1. The summed E-state index contributed by atoms with van der Waals surface area (Å²) in [6, 6.07) is 5.56. The molecule has 0 aliphatic heterocycles. The van der Waals surface area contributed by atoms with Crippen LogP contribution in [0, 0.1) is 0 Å². The lowest BCUT2D eigenvalue weighted by Crippen LogP contribution is -2.10. The van der Waals surface area contributed by atoms with E-state index in [9.17, 15) is 0 Å². The molecule has 0 aliphatic rings. The fourth-order valence-electron chi connectivity index (χ4n) is 1.34. The first kappa shape index (κ1) is 14.8. The van der Waals surface area contributed by atoms with Crippen LogP contribution in [0.15, 0.2) is 18.2 Å². The Bertz CT molecular complexity index is 323. The van der Waals surface area contributed by atoms with Gasteiger partial charge < -0.3 is 19.6 Å². The smallest absolute Gasteiger partial charge is 0.140 e. The molecule has 0 saturated heterocycles. The third-order valence-corrected chi connectivity index (χ3v) is 2.21. The number of hydrazine groups is 1. The normalized spacial score (nSPS) is 10.6. The number of ether oxygens (including phenoxy) is 3. The summed E-state index contributed by atoms with van der Waals surface area (Å²) >= 11 is 0. The van der Waals surface area contributed by atoms with E-state index in [0.29, 0.717) is 32.2 Å². The molecule has 3 N–H and O–H groups in total. The van der Waals surface area contributed by atoms with Crippen LogP contribution >= 0.6 is 0 Å². The molecule has 18 heavy (non-hydrogen) atoms. The van der Waals surface area contributed by atoms with E-state index in [-0.39, 0.29) is 0 Å². The van der Waals surface area contributed by atoms with Gasteiger partial charge in [-0.15, -0.1) is 0 Å². The van der Waals surface area contributed by atoms with Crippen LogP contribution < -0.4 is 11.3 Å². The first-order valence-electron chi connectivity index (χ1n) is 5.94. The maximum atomic E-state index is 5.44. The van der Waals surface area contributed by atoms with E-state index in [1.54, 1.807) is 13.2 Å². The third kappa shape index (κ3) is 6.51. The number of nitrogens with zero attached hydrogens (tertiary/aromatic N) is 1. The van der Waals surface area contributed by atoms with Crippen molar-refractivity contribution in [3.8, 4) is 0 Å². The van der Waals surface area contributed by atoms with E-state index in [1.807, 2.05) is 12.1 Å². The highest BCUT2D eigenvalue weighted by atomic mass is 16.5. The quantitative estimate of drug-likeness (QED) is 0.368. The standard InChI is InChI=1S/C12H21N3O3/c1-16-6-3-7-17-8-9-18-10-11-4-2-5-12(14-11)15-13/h2,4-5H,3,6-10,13H2,1H3,(H,14,15). The minimum absolute atomic E-state index is 0.455. The molecule has 0 aromatic carbocycles. The summed E-state index contributed by atoms with van der Waals surface area (Å²) < 4.78 is 15.7. The minimum Gasteiger partial charge on any atom is -0.385 e. The molecule has 1 aromatic heterocycles. The first-order valence-corrected chi connectivity index (χ1v) is 5.94. The molecule has 0 aliphatic carbocycles. The summed E-state index contributed by atoms with van der Waals surface area (Å²) in [5, 5.41) is 0. The van der Waals surface area contributed by atoms with Crippen molar-refractivity contribution in [1.29, 1.82) is 0 Å². The molecule has 0 saturated carbocycles. The summed E-state index contributed by atoms with van der Waals surface area (Å²) in [4.78, 5) is 4.23. The second-order valence-electron chi connectivity index (χ2n) is 3.67. The molecule has 0 fully saturated rings.